The average molecular weight is 583 g/mol. The van der Waals surface area contributed by atoms with Gasteiger partial charge in [-0.05, 0) is 75.4 Å². The molecule has 0 saturated carbocycles. The van der Waals surface area contributed by atoms with E-state index in [0.29, 0.717) is 50.5 Å². The number of hydrogen-bond donors (Lipinski definition) is 2. The minimum Gasteiger partial charge on any atom is -0.472 e. The van der Waals surface area contributed by atoms with Crippen LogP contribution in [0.5, 0.6) is 5.88 Å². The van der Waals surface area contributed by atoms with Crippen molar-refractivity contribution < 1.29 is 19.1 Å². The molecule has 2 aliphatic rings. The highest BCUT2D eigenvalue weighted by Gasteiger charge is 2.34. The van der Waals surface area contributed by atoms with Gasteiger partial charge >= 0.3 is 12.1 Å². The third-order valence-corrected chi connectivity index (χ3v) is 7.98. The van der Waals surface area contributed by atoms with Gasteiger partial charge in [0.1, 0.15) is 11.7 Å². The number of hydrogen-bond acceptors (Lipinski definition) is 6. The summed E-state index contributed by atoms with van der Waals surface area (Å²) in [4.78, 5) is 34.8. The lowest BCUT2D eigenvalue weighted by molar-refractivity contribution is 0.0455. The maximum absolute atomic E-state index is 13.6. The van der Waals surface area contributed by atoms with Gasteiger partial charge in [0.15, 0.2) is 0 Å². The van der Waals surface area contributed by atoms with Gasteiger partial charge < -0.3 is 24.6 Å². The molecule has 1 unspecified atom stereocenters. The first kappa shape index (κ1) is 28.5. The predicted molar refractivity (Wildman–Crippen MR) is 164 cm³/mol. The zero-order valence-corrected chi connectivity index (χ0v) is 25.1. The first-order chi connectivity index (χ1) is 20.6. The van der Waals surface area contributed by atoms with Crippen molar-refractivity contribution in [2.45, 2.75) is 71.2 Å². The fourth-order valence-electron chi connectivity index (χ4n) is 5.91. The van der Waals surface area contributed by atoms with E-state index >= 15 is 0 Å². The number of carbonyl (C=O) groups is 2. The fourth-order valence-corrected chi connectivity index (χ4v) is 5.91. The third-order valence-electron chi connectivity index (χ3n) is 7.98. The summed E-state index contributed by atoms with van der Waals surface area (Å²) < 4.78 is 12.2. The highest BCUT2D eigenvalue weighted by Crippen LogP contribution is 2.30. The number of urea groups is 1. The van der Waals surface area contributed by atoms with Crippen molar-refractivity contribution in [3.63, 3.8) is 0 Å². The van der Waals surface area contributed by atoms with Gasteiger partial charge in [-0.2, -0.15) is 5.10 Å². The molecular formula is C33H38N6O4. The SMILES string of the molecule is Cc1cc(CC(OC(=O)N2CCC(N3Cc4ccccc4NC3=O)CC2)c2cccc(OC(C)(C)C)n2)cc2cn[nH]c12. The van der Waals surface area contributed by atoms with Crippen molar-refractivity contribution in [1.29, 1.82) is 0 Å². The molecule has 3 amide bonds. The second-order valence-electron chi connectivity index (χ2n) is 12.4. The molecular weight excluding hydrogens is 544 g/mol. The van der Waals surface area contributed by atoms with E-state index in [1.165, 1.54) is 0 Å². The number of aromatic nitrogens is 3. The van der Waals surface area contributed by atoms with E-state index in [4.69, 9.17) is 14.5 Å². The summed E-state index contributed by atoms with van der Waals surface area (Å²) >= 11 is 0. The minimum absolute atomic E-state index is 0.0470. The number of H-pyrrole nitrogens is 1. The van der Waals surface area contributed by atoms with Crippen molar-refractivity contribution in [1.82, 2.24) is 25.0 Å². The Hall–Kier alpha value is -4.60. The first-order valence-corrected chi connectivity index (χ1v) is 14.8. The van der Waals surface area contributed by atoms with E-state index in [9.17, 15) is 9.59 Å². The van der Waals surface area contributed by atoms with Crippen LogP contribution in [0, 0.1) is 6.92 Å². The summed E-state index contributed by atoms with van der Waals surface area (Å²) in [6.45, 7) is 9.52. The van der Waals surface area contributed by atoms with Gasteiger partial charge in [0.25, 0.3) is 0 Å². The van der Waals surface area contributed by atoms with Crippen LogP contribution in [0.15, 0.2) is 60.8 Å². The summed E-state index contributed by atoms with van der Waals surface area (Å²) in [5.74, 6) is 0.481. The lowest BCUT2D eigenvalue weighted by atomic mass is 10.0. The molecule has 2 aromatic carbocycles. The van der Waals surface area contributed by atoms with Gasteiger partial charge in [-0.1, -0.05) is 30.3 Å². The number of nitrogens with zero attached hydrogens (tertiary/aromatic N) is 4. The van der Waals surface area contributed by atoms with Crippen LogP contribution in [-0.2, 0) is 17.7 Å². The number of rotatable bonds is 6. The molecule has 43 heavy (non-hydrogen) atoms. The molecule has 0 radical (unpaired) electrons. The molecule has 2 aromatic heterocycles. The topological polar surface area (TPSA) is 113 Å². The molecule has 0 spiro atoms. The number of pyridine rings is 1. The van der Waals surface area contributed by atoms with E-state index in [0.717, 1.165) is 33.3 Å². The fraction of sp³-hybridized carbons (Fsp3) is 0.394. The van der Waals surface area contributed by atoms with Crippen LogP contribution < -0.4 is 10.1 Å². The van der Waals surface area contributed by atoms with Crippen molar-refractivity contribution in [3.05, 3.63) is 83.2 Å². The Morgan fingerprint density at radius 2 is 1.88 bits per heavy atom. The summed E-state index contributed by atoms with van der Waals surface area (Å²) in [6, 6.07) is 17.5. The number of para-hydroxylation sites is 1. The number of fused-ring (bicyclic) bond motifs is 2. The van der Waals surface area contributed by atoms with Crippen LogP contribution in [-0.4, -0.2) is 61.8 Å². The Morgan fingerprint density at radius 3 is 2.67 bits per heavy atom. The predicted octanol–water partition coefficient (Wildman–Crippen LogP) is 6.38. The summed E-state index contributed by atoms with van der Waals surface area (Å²) in [7, 11) is 0. The smallest absolute Gasteiger partial charge is 0.410 e. The number of nitrogens with one attached hydrogen (secondary N) is 2. The van der Waals surface area contributed by atoms with Crippen LogP contribution in [0.25, 0.3) is 10.9 Å². The number of carbonyl (C=O) groups excluding carboxylic acids is 2. The Labute approximate surface area is 251 Å². The monoisotopic (exact) mass is 582 g/mol. The second kappa shape index (κ2) is 11.6. The summed E-state index contributed by atoms with van der Waals surface area (Å²) in [6.07, 6.45) is 2.60. The number of benzene rings is 2. The molecule has 1 saturated heterocycles. The molecule has 10 heteroatoms. The second-order valence-corrected chi connectivity index (χ2v) is 12.4. The minimum atomic E-state index is -0.623. The van der Waals surface area contributed by atoms with Crippen LogP contribution in [0.2, 0.25) is 0 Å². The lowest BCUT2D eigenvalue weighted by Gasteiger charge is -2.40. The molecule has 0 bridgehead atoms. The van der Waals surface area contributed by atoms with E-state index < -0.39 is 11.7 Å². The molecule has 224 valence electrons. The van der Waals surface area contributed by atoms with E-state index in [-0.39, 0.29) is 18.2 Å². The summed E-state index contributed by atoms with van der Waals surface area (Å²) in [5, 5.41) is 11.2. The third kappa shape index (κ3) is 6.43. The van der Waals surface area contributed by atoms with E-state index in [1.807, 2.05) is 75.1 Å². The van der Waals surface area contributed by atoms with Crippen molar-refractivity contribution in [2.24, 2.45) is 0 Å². The van der Waals surface area contributed by atoms with Crippen LogP contribution in [0.3, 0.4) is 0 Å². The highest BCUT2D eigenvalue weighted by atomic mass is 16.6. The van der Waals surface area contributed by atoms with Crippen LogP contribution in [0.1, 0.15) is 62.1 Å². The van der Waals surface area contributed by atoms with Gasteiger partial charge in [0, 0.05) is 49.2 Å². The zero-order chi connectivity index (χ0) is 30.1. The van der Waals surface area contributed by atoms with Gasteiger partial charge in [-0.25, -0.2) is 14.6 Å². The number of piperidine rings is 1. The van der Waals surface area contributed by atoms with E-state index in [1.54, 1.807) is 11.1 Å². The van der Waals surface area contributed by atoms with Gasteiger partial charge in [0.05, 0.1) is 17.4 Å². The van der Waals surface area contributed by atoms with E-state index in [2.05, 4.69) is 27.6 Å². The molecule has 6 rings (SSSR count). The zero-order valence-electron chi connectivity index (χ0n) is 25.1. The molecule has 4 aromatic rings. The molecule has 1 atom stereocenters. The number of anilines is 1. The van der Waals surface area contributed by atoms with Gasteiger partial charge in [-0.15, -0.1) is 0 Å². The molecule has 10 nitrogen and oxygen atoms in total. The molecule has 2 aliphatic heterocycles. The number of amides is 3. The largest absolute Gasteiger partial charge is 0.472 e. The maximum atomic E-state index is 13.6. The molecule has 4 heterocycles. The quantitative estimate of drug-likeness (QED) is 0.273. The molecule has 2 N–H and O–H groups in total. The molecule has 1 fully saturated rings. The van der Waals surface area contributed by atoms with Crippen molar-refractivity contribution in [2.75, 3.05) is 18.4 Å². The van der Waals surface area contributed by atoms with Gasteiger partial charge in [0.2, 0.25) is 5.88 Å². The molecule has 0 aliphatic carbocycles. The highest BCUT2D eigenvalue weighted by molar-refractivity contribution is 5.92. The first-order valence-electron chi connectivity index (χ1n) is 14.8. The van der Waals surface area contributed by atoms with Crippen molar-refractivity contribution in [3.8, 4) is 5.88 Å². The Morgan fingerprint density at radius 1 is 1.09 bits per heavy atom. The number of aryl methyl sites for hydroxylation is 1. The lowest BCUT2D eigenvalue weighted by Crippen LogP contribution is -2.51. The van der Waals surface area contributed by atoms with Crippen LogP contribution >= 0.6 is 0 Å². The number of ether oxygens (including phenoxy) is 2. The van der Waals surface area contributed by atoms with Crippen molar-refractivity contribution >= 4 is 28.7 Å². The Balaban J connectivity index is 1.17. The summed E-state index contributed by atoms with van der Waals surface area (Å²) in [5.41, 5.74) is 5.24. The number of likely N-dealkylation sites (tertiary alicyclic amines) is 1. The van der Waals surface area contributed by atoms with Crippen LogP contribution in [0.4, 0.5) is 15.3 Å². The maximum Gasteiger partial charge on any atom is 0.410 e. The Bertz CT molecular complexity index is 1640. The standard InChI is InChI=1S/C33H38N6O4/c1-21-16-22(17-24-19-34-37-30(21)24)18-28(27-10-7-11-29(35-27)43-33(2,3)4)42-32(41)38-14-12-25(13-15-38)39-20-23-8-5-6-9-26(23)36-31(39)40/h5-11,16-17,19,25,28H,12-15,18,20H2,1-4H3,(H,34,37)(H,36,40). The van der Waals surface area contributed by atoms with Gasteiger partial charge in [-0.3, -0.25) is 5.10 Å². The average Bonchev–Trinajstić information content (AvgIpc) is 3.45. The normalized spacial score (nSPS) is 16.5. The number of aromatic amines is 1. The Kier molecular flexibility index (Phi) is 7.68.